The van der Waals surface area contributed by atoms with Crippen molar-refractivity contribution >= 4 is 17.2 Å². The molecule has 0 radical (unpaired) electrons. The summed E-state index contributed by atoms with van der Waals surface area (Å²) in [5, 5.41) is 5.22. The summed E-state index contributed by atoms with van der Waals surface area (Å²) < 4.78 is 0. The molecule has 1 aliphatic heterocycles. The van der Waals surface area contributed by atoms with Crippen molar-refractivity contribution in [2.75, 3.05) is 0 Å². The number of Topliss-reactive ketones (excluding diaryl/α,β-unsaturated/α-hetero) is 1. The van der Waals surface area contributed by atoms with Gasteiger partial charge in [-0.15, -0.1) is 0 Å². The highest BCUT2D eigenvalue weighted by Gasteiger charge is 2.35. The Bertz CT molecular complexity index is 628. The first-order valence-electron chi connectivity index (χ1n) is 6.15. The summed E-state index contributed by atoms with van der Waals surface area (Å²) in [6.07, 6.45) is 0. The van der Waals surface area contributed by atoms with Crippen LogP contribution >= 0.6 is 0 Å². The van der Waals surface area contributed by atoms with E-state index in [1.807, 2.05) is 32.9 Å². The van der Waals surface area contributed by atoms with E-state index >= 15 is 0 Å². The number of fused-ring (bicyclic) bond motifs is 3. The number of benzene rings is 1. The van der Waals surface area contributed by atoms with Gasteiger partial charge in [-0.3, -0.25) is 4.79 Å². The van der Waals surface area contributed by atoms with E-state index in [2.05, 4.69) is 16.7 Å². The van der Waals surface area contributed by atoms with Crippen molar-refractivity contribution < 1.29 is 4.79 Å². The highest BCUT2D eigenvalue weighted by molar-refractivity contribution is 6.78. The smallest absolute Gasteiger partial charge is 0.214 e. The number of nitrogens with two attached hydrogens (primary N) is 1. The van der Waals surface area contributed by atoms with Crippen molar-refractivity contribution in [3.8, 4) is 0 Å². The number of hydrogen-bond acceptors (Lipinski definition) is 5. The first kappa shape index (κ1) is 13.2. The first-order valence-corrected chi connectivity index (χ1v) is 6.15. The van der Waals surface area contributed by atoms with Gasteiger partial charge in [0.15, 0.2) is 5.82 Å². The van der Waals surface area contributed by atoms with Crippen LogP contribution in [0, 0.1) is 6.92 Å². The molecule has 2 aliphatic rings. The Morgan fingerprint density at radius 2 is 1.89 bits per heavy atom. The molecule has 0 unspecified atom stereocenters. The molecule has 0 atom stereocenters. The molecule has 2 N–H and O–H groups in total. The molecule has 0 spiro atoms. The molecule has 98 valence electrons. The maximum Gasteiger partial charge on any atom is 0.214 e. The van der Waals surface area contributed by atoms with Crippen LogP contribution in [-0.4, -0.2) is 22.3 Å². The number of rotatable bonds is 0. The van der Waals surface area contributed by atoms with Gasteiger partial charge in [0.25, 0.3) is 0 Å². The van der Waals surface area contributed by atoms with Crippen LogP contribution in [0.25, 0.3) is 0 Å². The molecule has 1 aromatic rings. The molecule has 3 rings (SSSR count). The van der Waals surface area contributed by atoms with Crippen LogP contribution < -0.4 is 5.84 Å². The van der Waals surface area contributed by atoms with Gasteiger partial charge in [-0.05, 0) is 13.0 Å². The van der Waals surface area contributed by atoms with Gasteiger partial charge in [0, 0.05) is 11.1 Å². The molecule has 1 heterocycles. The molecule has 1 aliphatic carbocycles. The van der Waals surface area contributed by atoms with Crippen LogP contribution in [0.2, 0.25) is 0 Å². The Labute approximate surface area is 112 Å². The van der Waals surface area contributed by atoms with Crippen LogP contribution in [0.4, 0.5) is 0 Å². The summed E-state index contributed by atoms with van der Waals surface area (Å²) in [5.41, 5.74) is 3.34. The molecule has 1 aromatic carbocycles. The molecular weight excluding hydrogens is 240 g/mol. The van der Waals surface area contributed by atoms with Crippen molar-refractivity contribution in [2.45, 2.75) is 20.8 Å². The fraction of sp³-hybridized carbons (Fsp3) is 0.214. The van der Waals surface area contributed by atoms with Crippen molar-refractivity contribution in [1.29, 1.82) is 0 Å². The number of nitrogens with zero attached hydrogens (tertiary/aromatic N) is 3. The van der Waals surface area contributed by atoms with Gasteiger partial charge < -0.3 is 0 Å². The van der Waals surface area contributed by atoms with Crippen LogP contribution in [0.5, 0.6) is 0 Å². The van der Waals surface area contributed by atoms with Crippen molar-refractivity contribution in [3.05, 3.63) is 47.3 Å². The van der Waals surface area contributed by atoms with Crippen molar-refractivity contribution in [3.63, 3.8) is 0 Å². The average molecular weight is 256 g/mol. The summed E-state index contributed by atoms with van der Waals surface area (Å²) >= 11 is 0. The number of hydrogen-bond donors (Lipinski definition) is 1. The minimum atomic E-state index is -0.118. The van der Waals surface area contributed by atoms with E-state index in [4.69, 9.17) is 5.84 Å². The normalized spacial score (nSPS) is 16.1. The Morgan fingerprint density at radius 3 is 2.58 bits per heavy atom. The SMILES string of the molecule is C=C1N=C2C(=O)c3ccc(C)cc3C2=NN1N.CC. The average Bonchev–Trinajstić information content (AvgIpc) is 2.66. The van der Waals surface area contributed by atoms with E-state index in [1.165, 1.54) is 0 Å². The summed E-state index contributed by atoms with van der Waals surface area (Å²) in [6, 6.07) is 5.60. The summed E-state index contributed by atoms with van der Waals surface area (Å²) in [4.78, 5) is 16.2. The van der Waals surface area contributed by atoms with E-state index in [0.717, 1.165) is 16.2 Å². The quantitative estimate of drug-likeness (QED) is 0.722. The summed E-state index contributed by atoms with van der Waals surface area (Å²) in [7, 11) is 0. The van der Waals surface area contributed by atoms with Crippen LogP contribution in [0.15, 0.2) is 40.7 Å². The van der Waals surface area contributed by atoms with Gasteiger partial charge in [0.2, 0.25) is 5.78 Å². The Kier molecular flexibility index (Phi) is 3.31. The topological polar surface area (TPSA) is 71.0 Å². The van der Waals surface area contributed by atoms with E-state index in [-0.39, 0.29) is 11.6 Å². The number of ketones is 1. The second-order valence-corrected chi connectivity index (χ2v) is 4.05. The molecule has 0 fully saturated rings. The molecule has 0 saturated carbocycles. The molecule has 0 saturated heterocycles. The fourth-order valence-electron chi connectivity index (χ4n) is 1.97. The van der Waals surface area contributed by atoms with E-state index < -0.39 is 0 Å². The van der Waals surface area contributed by atoms with Gasteiger partial charge in [0.05, 0.1) is 0 Å². The Hall–Kier alpha value is -2.27. The number of hydrazine groups is 1. The molecule has 0 bridgehead atoms. The number of carbonyl (C=O) groups excluding carboxylic acids is 1. The zero-order valence-electron chi connectivity index (χ0n) is 11.3. The van der Waals surface area contributed by atoms with E-state index in [9.17, 15) is 4.79 Å². The van der Waals surface area contributed by atoms with E-state index in [1.54, 1.807) is 6.07 Å². The minimum Gasteiger partial charge on any atom is -0.287 e. The van der Waals surface area contributed by atoms with Gasteiger partial charge in [0.1, 0.15) is 11.4 Å². The van der Waals surface area contributed by atoms with Gasteiger partial charge in [-0.2, -0.15) is 10.2 Å². The zero-order chi connectivity index (χ0) is 14.2. The van der Waals surface area contributed by atoms with Gasteiger partial charge in [-0.1, -0.05) is 38.1 Å². The number of aliphatic imine (C=N–C) groups is 1. The fourth-order valence-corrected chi connectivity index (χ4v) is 1.97. The Balaban J connectivity index is 0.000000637. The monoisotopic (exact) mass is 256 g/mol. The van der Waals surface area contributed by atoms with Crippen molar-refractivity contribution in [1.82, 2.24) is 5.12 Å². The lowest BCUT2D eigenvalue weighted by Crippen LogP contribution is -2.32. The van der Waals surface area contributed by atoms with E-state index in [0.29, 0.717) is 17.0 Å². The highest BCUT2D eigenvalue weighted by atomic mass is 16.1. The maximum absolute atomic E-state index is 12.1. The molecule has 19 heavy (non-hydrogen) atoms. The summed E-state index contributed by atoms with van der Waals surface area (Å²) in [6.45, 7) is 9.59. The molecule has 5 nitrogen and oxygen atoms in total. The lowest BCUT2D eigenvalue weighted by atomic mass is 10.1. The Morgan fingerprint density at radius 1 is 1.21 bits per heavy atom. The van der Waals surface area contributed by atoms with Gasteiger partial charge >= 0.3 is 0 Å². The predicted molar refractivity (Wildman–Crippen MR) is 76.0 cm³/mol. The number of carbonyl (C=O) groups is 1. The lowest BCUT2D eigenvalue weighted by molar-refractivity contribution is 0.106. The third-order valence-electron chi connectivity index (χ3n) is 2.83. The largest absolute Gasteiger partial charge is 0.287 e. The molecule has 0 amide bonds. The van der Waals surface area contributed by atoms with Gasteiger partial charge in [-0.25, -0.2) is 10.8 Å². The van der Waals surface area contributed by atoms with Crippen LogP contribution in [-0.2, 0) is 0 Å². The standard InChI is InChI=1S/C12H10N4O.C2H6/c1-6-3-4-8-9(5-6)10-11(12(8)17)14-7(2)16(13)15-10;1-2/h3-5H,2,13H2,1H3;1-2H3. The second kappa shape index (κ2) is 4.78. The second-order valence-electron chi connectivity index (χ2n) is 4.05. The van der Waals surface area contributed by atoms with Crippen LogP contribution in [0.1, 0.15) is 35.3 Å². The maximum atomic E-state index is 12.1. The third-order valence-corrected chi connectivity index (χ3v) is 2.83. The minimum absolute atomic E-state index is 0.118. The van der Waals surface area contributed by atoms with Crippen molar-refractivity contribution in [2.24, 2.45) is 15.9 Å². The number of hydrazone groups is 1. The summed E-state index contributed by atoms with van der Waals surface area (Å²) in [5.74, 6) is 5.75. The molecule has 0 aromatic heterocycles. The lowest BCUT2D eigenvalue weighted by Gasteiger charge is -2.17. The zero-order valence-corrected chi connectivity index (χ0v) is 11.3. The predicted octanol–water partition coefficient (Wildman–Crippen LogP) is 2.02. The van der Waals surface area contributed by atoms with Crippen LogP contribution in [0.3, 0.4) is 0 Å². The highest BCUT2D eigenvalue weighted by Crippen LogP contribution is 2.26. The number of aryl methyl sites for hydroxylation is 1. The molecular formula is C14H16N4O. The first-order chi connectivity index (χ1) is 9.08. The third kappa shape index (κ3) is 1.98. The molecule has 5 heteroatoms.